The average Bonchev–Trinajstić information content (AvgIpc) is 2.96. The zero-order valence-electron chi connectivity index (χ0n) is 14.3. The van der Waals surface area contributed by atoms with Gasteiger partial charge < -0.3 is 5.32 Å². The number of piperidine rings is 1. The molecule has 1 aromatic carbocycles. The Bertz CT molecular complexity index is 691. The van der Waals surface area contributed by atoms with E-state index < -0.39 is 0 Å². The molecule has 5 nitrogen and oxygen atoms in total. The van der Waals surface area contributed by atoms with Crippen molar-refractivity contribution in [1.29, 1.82) is 0 Å². The van der Waals surface area contributed by atoms with E-state index in [1.165, 1.54) is 18.5 Å². The summed E-state index contributed by atoms with van der Waals surface area (Å²) in [5.41, 5.74) is 3.94. The number of nitrogens with zero attached hydrogens (tertiary/aromatic N) is 3. The third-order valence-corrected chi connectivity index (χ3v) is 5.81. The zero-order valence-corrected chi connectivity index (χ0v) is 15.1. The highest BCUT2D eigenvalue weighted by atomic mass is 32.1. The van der Waals surface area contributed by atoms with Gasteiger partial charge in [-0.2, -0.15) is 0 Å². The Balaban J connectivity index is 1.36. The van der Waals surface area contributed by atoms with E-state index in [-0.39, 0.29) is 5.91 Å². The first kappa shape index (κ1) is 16.7. The number of aromatic nitrogens is 1. The fourth-order valence-electron chi connectivity index (χ4n) is 4.05. The highest BCUT2D eigenvalue weighted by molar-refractivity contribution is 7.07. The predicted octanol–water partition coefficient (Wildman–Crippen LogP) is 2.68. The van der Waals surface area contributed by atoms with Gasteiger partial charge in [0.1, 0.15) is 0 Å². The van der Waals surface area contributed by atoms with Crippen LogP contribution in [0.1, 0.15) is 18.5 Å². The van der Waals surface area contributed by atoms with Crippen LogP contribution < -0.4 is 5.32 Å². The summed E-state index contributed by atoms with van der Waals surface area (Å²) in [4.78, 5) is 21.8. The molecule has 3 fully saturated rings. The second-order valence-electron chi connectivity index (χ2n) is 7.11. The van der Waals surface area contributed by atoms with Crippen LogP contribution >= 0.6 is 11.3 Å². The largest absolute Gasteiger partial charge is 0.325 e. The number of hydrogen-bond acceptors (Lipinski definition) is 5. The van der Waals surface area contributed by atoms with Gasteiger partial charge in [0.15, 0.2) is 0 Å². The molecule has 0 unspecified atom stereocenters. The van der Waals surface area contributed by atoms with Crippen molar-refractivity contribution >= 4 is 22.9 Å². The molecule has 3 aliphatic rings. The molecule has 6 heteroatoms. The number of hydrogen-bond donors (Lipinski definition) is 1. The van der Waals surface area contributed by atoms with Crippen molar-refractivity contribution in [1.82, 2.24) is 14.8 Å². The van der Waals surface area contributed by atoms with E-state index in [1.54, 1.807) is 11.3 Å². The topological polar surface area (TPSA) is 48.5 Å². The van der Waals surface area contributed by atoms with Crippen LogP contribution in [-0.4, -0.2) is 52.9 Å². The summed E-state index contributed by atoms with van der Waals surface area (Å²) in [6, 6.07) is 10.2. The van der Waals surface area contributed by atoms with Crippen LogP contribution in [0, 0.1) is 5.92 Å². The van der Waals surface area contributed by atoms with Gasteiger partial charge in [0, 0.05) is 43.3 Å². The summed E-state index contributed by atoms with van der Waals surface area (Å²) in [5.74, 6) is 0.742. The molecule has 0 saturated carbocycles. The first-order valence-corrected chi connectivity index (χ1v) is 9.89. The van der Waals surface area contributed by atoms with Crippen LogP contribution in [0.2, 0.25) is 0 Å². The fourth-order valence-corrected chi connectivity index (χ4v) is 4.60. The van der Waals surface area contributed by atoms with Gasteiger partial charge in [-0.15, -0.1) is 11.3 Å². The normalized spacial score (nSPS) is 24.2. The van der Waals surface area contributed by atoms with Gasteiger partial charge in [0.05, 0.1) is 17.7 Å². The lowest BCUT2D eigenvalue weighted by atomic mass is 9.95. The summed E-state index contributed by atoms with van der Waals surface area (Å²) < 4.78 is 0. The Morgan fingerprint density at radius 1 is 1.20 bits per heavy atom. The van der Waals surface area contributed by atoms with E-state index in [2.05, 4.69) is 25.5 Å². The molecule has 25 heavy (non-hydrogen) atoms. The van der Waals surface area contributed by atoms with Crippen molar-refractivity contribution in [3.05, 3.63) is 46.9 Å². The second kappa shape index (κ2) is 7.64. The van der Waals surface area contributed by atoms with E-state index in [0.29, 0.717) is 18.5 Å². The lowest BCUT2D eigenvalue weighted by Crippen LogP contribution is -2.47. The number of amides is 1. The summed E-state index contributed by atoms with van der Waals surface area (Å²) >= 11 is 1.66. The minimum absolute atomic E-state index is 0.0878. The van der Waals surface area contributed by atoms with Crippen LogP contribution in [-0.2, 0) is 11.3 Å². The van der Waals surface area contributed by atoms with Crippen LogP contribution in [0.3, 0.4) is 0 Å². The third-order valence-electron chi connectivity index (χ3n) is 5.18. The first-order valence-electron chi connectivity index (χ1n) is 8.94. The lowest BCUT2D eigenvalue weighted by molar-refractivity contribution is -0.118. The summed E-state index contributed by atoms with van der Waals surface area (Å²) in [7, 11) is 0. The first-order chi connectivity index (χ1) is 12.3. The summed E-state index contributed by atoms with van der Waals surface area (Å²) in [6.45, 7) is 4.60. The van der Waals surface area contributed by atoms with Gasteiger partial charge in [0.2, 0.25) is 5.91 Å². The van der Waals surface area contributed by atoms with Crippen molar-refractivity contribution < 1.29 is 4.79 Å². The predicted molar refractivity (Wildman–Crippen MR) is 101 cm³/mol. The molecular formula is C19H24N4OS. The number of thiazole rings is 1. The minimum Gasteiger partial charge on any atom is -0.325 e. The molecule has 1 aromatic heterocycles. The maximum absolute atomic E-state index is 12.4. The molecule has 3 aliphatic heterocycles. The van der Waals surface area contributed by atoms with Crippen LogP contribution in [0.5, 0.6) is 0 Å². The van der Waals surface area contributed by atoms with Crippen molar-refractivity contribution in [2.75, 3.05) is 31.5 Å². The number of rotatable bonds is 5. The summed E-state index contributed by atoms with van der Waals surface area (Å²) in [6.07, 6.45) is 2.46. The maximum Gasteiger partial charge on any atom is 0.238 e. The third kappa shape index (κ3) is 4.26. The van der Waals surface area contributed by atoms with Gasteiger partial charge in [-0.25, -0.2) is 4.98 Å². The molecule has 5 rings (SSSR count). The van der Waals surface area contributed by atoms with Crippen LogP contribution in [0.25, 0.3) is 0 Å². The van der Waals surface area contributed by atoms with Gasteiger partial charge in [0.25, 0.3) is 0 Å². The molecular weight excluding hydrogens is 332 g/mol. The number of para-hydroxylation sites is 1. The number of nitrogens with one attached hydrogen (secondary N) is 1. The molecule has 2 aromatic rings. The Morgan fingerprint density at radius 3 is 2.88 bits per heavy atom. The number of carbonyl (C=O) groups excluding carboxylic acids is 1. The standard InChI is InChI=1S/C19H24N4OS/c24-19(21-16-4-2-1-3-5-16)12-23-9-15-6-7-18(23)11-22(8-15)10-17-13-25-14-20-17/h1-5,13-15,18H,6-12H2,(H,21,24)/t15-,18+/m0/s1. The highest BCUT2D eigenvalue weighted by Crippen LogP contribution is 2.28. The molecule has 0 aliphatic carbocycles. The van der Waals surface area contributed by atoms with Crippen LogP contribution in [0.4, 0.5) is 5.69 Å². The molecule has 1 amide bonds. The molecule has 2 bridgehead atoms. The SMILES string of the molecule is O=C(CN1C[C@H]2CC[C@@H]1CN(Cc1cscn1)C2)Nc1ccccc1. The average molecular weight is 356 g/mol. The van der Waals surface area contributed by atoms with Gasteiger partial charge in [-0.05, 0) is 30.9 Å². The van der Waals surface area contributed by atoms with Crippen molar-refractivity contribution in [3.63, 3.8) is 0 Å². The van der Waals surface area contributed by atoms with Crippen molar-refractivity contribution in [3.8, 4) is 0 Å². The van der Waals surface area contributed by atoms with E-state index in [4.69, 9.17) is 0 Å². The smallest absolute Gasteiger partial charge is 0.238 e. The monoisotopic (exact) mass is 356 g/mol. The maximum atomic E-state index is 12.4. The highest BCUT2D eigenvalue weighted by Gasteiger charge is 2.35. The minimum atomic E-state index is 0.0878. The molecule has 1 N–H and O–H groups in total. The Labute approximate surface area is 152 Å². The van der Waals surface area contributed by atoms with Gasteiger partial charge in [-0.1, -0.05) is 18.2 Å². The molecule has 0 radical (unpaired) electrons. The summed E-state index contributed by atoms with van der Waals surface area (Å²) in [5, 5.41) is 5.15. The fraction of sp³-hybridized carbons (Fsp3) is 0.474. The quantitative estimate of drug-likeness (QED) is 0.895. The number of anilines is 1. The molecule has 0 spiro atoms. The van der Waals surface area contributed by atoms with Crippen molar-refractivity contribution in [2.45, 2.75) is 25.4 Å². The number of carbonyl (C=O) groups is 1. The zero-order chi connectivity index (χ0) is 17.1. The molecule has 4 heterocycles. The van der Waals surface area contributed by atoms with Crippen molar-refractivity contribution in [2.24, 2.45) is 5.92 Å². The molecule has 2 atom stereocenters. The van der Waals surface area contributed by atoms with Gasteiger partial charge >= 0.3 is 0 Å². The van der Waals surface area contributed by atoms with E-state index in [1.807, 2.05) is 35.8 Å². The van der Waals surface area contributed by atoms with E-state index >= 15 is 0 Å². The Hall–Kier alpha value is -1.76. The Morgan fingerprint density at radius 2 is 2.08 bits per heavy atom. The second-order valence-corrected chi connectivity index (χ2v) is 7.83. The molecule has 132 valence electrons. The lowest BCUT2D eigenvalue weighted by Gasteiger charge is -2.35. The van der Waals surface area contributed by atoms with Crippen LogP contribution in [0.15, 0.2) is 41.2 Å². The number of benzene rings is 1. The van der Waals surface area contributed by atoms with Gasteiger partial charge in [-0.3, -0.25) is 14.6 Å². The van der Waals surface area contributed by atoms with E-state index in [0.717, 1.165) is 31.9 Å². The van der Waals surface area contributed by atoms with E-state index in [9.17, 15) is 4.79 Å². The number of fused-ring (bicyclic) bond motifs is 4. The molecule has 3 saturated heterocycles. The Kier molecular flexibility index (Phi) is 5.10.